The molecule has 3 aromatic rings. The second-order valence-electron chi connectivity index (χ2n) is 7.73. The Bertz CT molecular complexity index is 1310. The first-order chi connectivity index (χ1) is 18.0. The molecule has 38 heavy (non-hydrogen) atoms. The van der Waals surface area contributed by atoms with Gasteiger partial charge in [0.05, 0.1) is 31.0 Å². The first-order valence-corrected chi connectivity index (χ1v) is 11.7. The predicted octanol–water partition coefficient (Wildman–Crippen LogP) is 5.28. The fraction of sp³-hybridized carbons (Fsp3) is 0.231. The number of nitriles is 1. The molecule has 0 aliphatic carbocycles. The summed E-state index contributed by atoms with van der Waals surface area (Å²) in [5.41, 5.74) is -1.51. The minimum absolute atomic E-state index is 0.125. The number of ether oxygens (including phenoxy) is 2. The van der Waals surface area contributed by atoms with Gasteiger partial charge in [0.1, 0.15) is 27.8 Å². The van der Waals surface area contributed by atoms with Crippen LogP contribution < -0.4 is 9.47 Å². The van der Waals surface area contributed by atoms with Crippen molar-refractivity contribution in [1.82, 2.24) is 9.88 Å². The maximum Gasteiger partial charge on any atom is 0.417 e. The quantitative estimate of drug-likeness (QED) is 0.300. The number of halogens is 3. The number of carboxylic acid groups (broad SMARTS) is 1. The van der Waals surface area contributed by atoms with E-state index in [1.54, 1.807) is 50.5 Å². The van der Waals surface area contributed by atoms with Gasteiger partial charge in [-0.2, -0.15) is 18.4 Å². The highest BCUT2D eigenvalue weighted by Crippen LogP contribution is 2.43. The third-order valence-electron chi connectivity index (χ3n) is 4.86. The van der Waals surface area contributed by atoms with Crippen molar-refractivity contribution in [3.05, 3.63) is 71.3 Å². The maximum absolute atomic E-state index is 13.9. The highest BCUT2D eigenvalue weighted by Gasteiger charge is 2.37. The van der Waals surface area contributed by atoms with Crippen LogP contribution in [0.1, 0.15) is 21.9 Å². The van der Waals surface area contributed by atoms with Crippen LogP contribution in [-0.2, 0) is 15.8 Å². The van der Waals surface area contributed by atoms with Gasteiger partial charge >= 0.3 is 12.1 Å². The first-order valence-electron chi connectivity index (χ1n) is 10.8. The Hall–Kier alpha value is -4.24. The van der Waals surface area contributed by atoms with Gasteiger partial charge in [0.25, 0.3) is 0 Å². The number of amides is 1. The van der Waals surface area contributed by atoms with Gasteiger partial charge in [0, 0.05) is 25.7 Å². The van der Waals surface area contributed by atoms with Crippen molar-refractivity contribution in [3.8, 4) is 28.8 Å². The molecule has 0 aliphatic rings. The number of hydrogen-bond acceptors (Lipinski definition) is 7. The van der Waals surface area contributed by atoms with Crippen LogP contribution in [0.5, 0.6) is 11.5 Å². The monoisotopic (exact) mass is 547 g/mol. The second kappa shape index (κ2) is 13.3. The Kier molecular flexibility index (Phi) is 10.5. The number of alkyl halides is 3. The summed E-state index contributed by atoms with van der Waals surface area (Å²) in [6.45, 7) is 0. The van der Waals surface area contributed by atoms with Gasteiger partial charge in [-0.25, -0.2) is 4.98 Å². The summed E-state index contributed by atoms with van der Waals surface area (Å²) in [6.07, 6.45) is -4.12. The summed E-state index contributed by atoms with van der Waals surface area (Å²) in [5, 5.41) is 17.6. The molecule has 1 atom stereocenters. The molecule has 1 aromatic heterocycles. The molecule has 0 radical (unpaired) electrons. The van der Waals surface area contributed by atoms with Crippen molar-refractivity contribution >= 4 is 24.1 Å². The number of nitrogens with zero attached hydrogens (tertiary/aromatic N) is 3. The lowest BCUT2D eigenvalue weighted by Gasteiger charge is -2.18. The van der Waals surface area contributed by atoms with Crippen LogP contribution in [0.2, 0.25) is 0 Å². The van der Waals surface area contributed by atoms with Crippen molar-refractivity contribution in [3.63, 3.8) is 0 Å². The summed E-state index contributed by atoms with van der Waals surface area (Å²) in [7, 11) is 6.15. The van der Waals surface area contributed by atoms with Gasteiger partial charge in [0.15, 0.2) is 0 Å². The van der Waals surface area contributed by atoms with Crippen LogP contribution in [-0.4, -0.2) is 55.7 Å². The van der Waals surface area contributed by atoms with E-state index in [1.807, 2.05) is 0 Å². The van der Waals surface area contributed by atoms with E-state index < -0.39 is 28.5 Å². The van der Waals surface area contributed by atoms with Crippen molar-refractivity contribution < 1.29 is 37.3 Å². The molecule has 3 rings (SSSR count). The molecule has 0 saturated heterocycles. The fourth-order valence-electron chi connectivity index (χ4n) is 3.09. The summed E-state index contributed by atoms with van der Waals surface area (Å²) < 4.78 is 52.0. The number of benzene rings is 2. The number of pyridine rings is 1. The second-order valence-corrected chi connectivity index (χ2v) is 8.82. The first kappa shape index (κ1) is 30.0. The largest absolute Gasteiger partial charge is 0.497 e. The number of carbonyl (C=O) groups excluding carboxylic acids is 1. The van der Waals surface area contributed by atoms with E-state index in [2.05, 4.69) is 4.98 Å². The lowest BCUT2D eigenvalue weighted by Crippen LogP contribution is -2.13. The van der Waals surface area contributed by atoms with Crippen molar-refractivity contribution in [2.24, 2.45) is 0 Å². The highest BCUT2D eigenvalue weighted by atomic mass is 32.2. The van der Waals surface area contributed by atoms with E-state index in [1.165, 1.54) is 37.3 Å². The Morgan fingerprint density at radius 3 is 2.24 bits per heavy atom. The summed E-state index contributed by atoms with van der Waals surface area (Å²) >= 11 is 0.563. The van der Waals surface area contributed by atoms with E-state index in [9.17, 15) is 33.1 Å². The molecule has 0 aliphatic heterocycles. The predicted molar refractivity (Wildman–Crippen MR) is 135 cm³/mol. The Labute approximate surface area is 221 Å². The Morgan fingerprint density at radius 2 is 1.76 bits per heavy atom. The van der Waals surface area contributed by atoms with Gasteiger partial charge in [-0.05, 0) is 23.8 Å². The van der Waals surface area contributed by atoms with Crippen LogP contribution in [0.25, 0.3) is 11.3 Å². The Balaban J connectivity index is 0.000000926. The average Bonchev–Trinajstić information content (AvgIpc) is 2.90. The van der Waals surface area contributed by atoms with Crippen LogP contribution >= 0.6 is 11.8 Å². The molecule has 1 unspecified atom stereocenters. The summed E-state index contributed by atoms with van der Waals surface area (Å²) in [4.78, 5) is 27.1. The van der Waals surface area contributed by atoms with E-state index in [-0.39, 0.29) is 22.0 Å². The molecular formula is C26H24F3N3O5S. The molecule has 1 amide bonds. The van der Waals surface area contributed by atoms with E-state index in [0.717, 1.165) is 12.5 Å². The molecule has 0 spiro atoms. The minimum atomic E-state index is -4.87. The normalized spacial score (nSPS) is 11.3. The smallest absolute Gasteiger partial charge is 0.417 e. The van der Waals surface area contributed by atoms with Crippen LogP contribution in [0.4, 0.5) is 13.2 Å². The molecule has 0 bridgehead atoms. The standard InChI is InChI=1S/C23H17F3N2O4S.C3H7NO/c1-31-14-8-9-15(19(10-14)32-2)18-11-17(23(24,25)26)16(12-27)21(28-18)33-20(22(29)30)13-6-4-3-5-7-13;1-4(2)3-5/h3-11,20H,1-2H3,(H,29,30);3H,1-2H3. The number of carbonyl (C=O) groups is 2. The van der Waals surface area contributed by atoms with Gasteiger partial charge < -0.3 is 19.5 Å². The van der Waals surface area contributed by atoms with Crippen LogP contribution in [0.3, 0.4) is 0 Å². The molecule has 0 fully saturated rings. The topological polar surface area (TPSA) is 113 Å². The van der Waals surface area contributed by atoms with Gasteiger partial charge in [0.2, 0.25) is 6.41 Å². The van der Waals surface area contributed by atoms with Crippen molar-refractivity contribution in [1.29, 1.82) is 5.26 Å². The average molecular weight is 548 g/mol. The number of aliphatic carboxylic acids is 1. The summed E-state index contributed by atoms with van der Waals surface area (Å²) in [6, 6.07) is 14.8. The third kappa shape index (κ3) is 7.63. The molecule has 2 aromatic carbocycles. The van der Waals surface area contributed by atoms with Crippen LogP contribution in [0.15, 0.2) is 59.6 Å². The molecule has 1 heterocycles. The van der Waals surface area contributed by atoms with Crippen LogP contribution in [0, 0.1) is 11.3 Å². The summed E-state index contributed by atoms with van der Waals surface area (Å²) in [5.74, 6) is -0.656. The lowest BCUT2D eigenvalue weighted by atomic mass is 10.0. The van der Waals surface area contributed by atoms with Gasteiger partial charge in [-0.1, -0.05) is 42.1 Å². The highest BCUT2D eigenvalue weighted by molar-refractivity contribution is 8.00. The van der Waals surface area contributed by atoms with E-state index in [0.29, 0.717) is 23.1 Å². The minimum Gasteiger partial charge on any atom is -0.497 e. The van der Waals surface area contributed by atoms with Crippen molar-refractivity contribution in [2.75, 3.05) is 28.3 Å². The zero-order valence-corrected chi connectivity index (χ0v) is 21.6. The van der Waals surface area contributed by atoms with Gasteiger partial charge in [-0.3, -0.25) is 9.59 Å². The van der Waals surface area contributed by atoms with Crippen molar-refractivity contribution in [2.45, 2.75) is 16.5 Å². The third-order valence-corrected chi connectivity index (χ3v) is 6.08. The molecule has 8 nitrogen and oxygen atoms in total. The zero-order valence-electron chi connectivity index (χ0n) is 20.8. The number of thioether (sulfide) groups is 1. The molecule has 1 N–H and O–H groups in total. The SMILES string of the molecule is CN(C)C=O.COc1ccc(-c2cc(C(F)(F)F)c(C#N)c(SC(C(=O)O)c3ccccc3)n2)c(OC)c1. The number of methoxy groups -OCH3 is 2. The fourth-order valence-corrected chi connectivity index (χ4v) is 4.13. The maximum atomic E-state index is 13.9. The number of aromatic nitrogens is 1. The van der Waals surface area contributed by atoms with Gasteiger partial charge in [-0.15, -0.1) is 0 Å². The number of rotatable bonds is 8. The zero-order chi connectivity index (χ0) is 28.5. The molecule has 200 valence electrons. The molecular weight excluding hydrogens is 523 g/mol. The lowest BCUT2D eigenvalue weighted by molar-refractivity contribution is -0.138. The Morgan fingerprint density at radius 1 is 1.13 bits per heavy atom. The molecule has 0 saturated carbocycles. The number of hydrogen-bond donors (Lipinski definition) is 1. The van der Waals surface area contributed by atoms with E-state index >= 15 is 0 Å². The number of carboxylic acids is 1. The molecule has 12 heteroatoms. The van der Waals surface area contributed by atoms with E-state index in [4.69, 9.17) is 9.47 Å².